The van der Waals surface area contributed by atoms with E-state index in [1.54, 1.807) is 12.1 Å². The number of nitrogens with zero attached hydrogens (tertiary/aromatic N) is 3. The number of carboxylic acid groups (broad SMARTS) is 1. The molecule has 0 fully saturated rings. The van der Waals surface area contributed by atoms with Crippen LogP contribution in [0.3, 0.4) is 0 Å². The standard InChI is InChI=1S/C14H15ClN4O3/c1-2-11(9-3-5-10(15)6-4-9)16-13(20)8-19-7-12(14(21)22)17-18-19/h3-7,11H,2,8H2,1H3,(H,16,20)(H,21,22). The van der Waals surface area contributed by atoms with E-state index in [4.69, 9.17) is 16.7 Å². The molecule has 1 aromatic heterocycles. The maximum Gasteiger partial charge on any atom is 0.358 e. The molecule has 0 radical (unpaired) electrons. The third-order valence-electron chi connectivity index (χ3n) is 3.08. The van der Waals surface area contributed by atoms with Crippen LogP contribution < -0.4 is 5.32 Å². The number of halogens is 1. The second kappa shape index (κ2) is 7.04. The Bertz CT molecular complexity index is 669. The molecular formula is C14H15ClN4O3. The molecule has 0 aliphatic rings. The molecule has 2 rings (SSSR count). The Morgan fingerprint density at radius 1 is 1.36 bits per heavy atom. The lowest BCUT2D eigenvalue weighted by molar-refractivity contribution is -0.122. The van der Waals surface area contributed by atoms with Gasteiger partial charge in [-0.15, -0.1) is 5.10 Å². The van der Waals surface area contributed by atoms with E-state index >= 15 is 0 Å². The van der Waals surface area contributed by atoms with Crippen molar-refractivity contribution in [3.8, 4) is 0 Å². The van der Waals surface area contributed by atoms with Crippen LogP contribution in [-0.2, 0) is 11.3 Å². The van der Waals surface area contributed by atoms with Gasteiger partial charge in [-0.1, -0.05) is 35.9 Å². The number of carbonyl (C=O) groups excluding carboxylic acids is 1. The number of hydrogen-bond acceptors (Lipinski definition) is 4. The van der Waals surface area contributed by atoms with Gasteiger partial charge in [-0.2, -0.15) is 0 Å². The maximum absolute atomic E-state index is 12.0. The Labute approximate surface area is 131 Å². The molecule has 1 aromatic carbocycles. The van der Waals surface area contributed by atoms with Crippen LogP contribution in [-0.4, -0.2) is 32.0 Å². The lowest BCUT2D eigenvalue weighted by Gasteiger charge is -2.17. The summed E-state index contributed by atoms with van der Waals surface area (Å²) in [6, 6.07) is 7.10. The fourth-order valence-corrected chi connectivity index (χ4v) is 2.10. The maximum atomic E-state index is 12.0. The molecule has 116 valence electrons. The Hall–Kier alpha value is -2.41. The smallest absolute Gasteiger partial charge is 0.358 e. The molecule has 2 aromatic rings. The van der Waals surface area contributed by atoms with Gasteiger partial charge >= 0.3 is 5.97 Å². The number of aromatic carboxylic acids is 1. The second-order valence-corrected chi connectivity index (χ2v) is 5.12. The monoisotopic (exact) mass is 322 g/mol. The predicted molar refractivity (Wildman–Crippen MR) is 79.6 cm³/mol. The summed E-state index contributed by atoms with van der Waals surface area (Å²) >= 11 is 5.85. The zero-order valence-electron chi connectivity index (χ0n) is 11.9. The van der Waals surface area contributed by atoms with E-state index in [2.05, 4.69) is 15.6 Å². The summed E-state index contributed by atoms with van der Waals surface area (Å²) in [5, 5.41) is 19.3. The average Bonchev–Trinajstić information content (AvgIpc) is 2.94. The van der Waals surface area contributed by atoms with Crippen LogP contribution in [0.25, 0.3) is 0 Å². The Balaban J connectivity index is 1.99. The summed E-state index contributed by atoms with van der Waals surface area (Å²) in [7, 11) is 0. The normalized spacial score (nSPS) is 11.9. The first-order valence-corrected chi connectivity index (χ1v) is 7.05. The Morgan fingerprint density at radius 2 is 2.05 bits per heavy atom. The van der Waals surface area contributed by atoms with E-state index in [0.717, 1.165) is 5.56 Å². The highest BCUT2D eigenvalue weighted by atomic mass is 35.5. The summed E-state index contributed by atoms with van der Waals surface area (Å²) in [6.07, 6.45) is 1.93. The van der Waals surface area contributed by atoms with Gasteiger partial charge in [0.1, 0.15) is 6.54 Å². The molecule has 1 heterocycles. The molecule has 1 amide bonds. The van der Waals surface area contributed by atoms with Gasteiger partial charge in [0.15, 0.2) is 5.69 Å². The van der Waals surface area contributed by atoms with Crippen molar-refractivity contribution in [1.29, 1.82) is 0 Å². The number of nitrogens with one attached hydrogen (secondary N) is 1. The molecule has 2 N–H and O–H groups in total. The van der Waals surface area contributed by atoms with Crippen molar-refractivity contribution in [2.45, 2.75) is 25.9 Å². The third kappa shape index (κ3) is 4.05. The van der Waals surface area contributed by atoms with E-state index in [1.165, 1.54) is 10.9 Å². The van der Waals surface area contributed by atoms with Gasteiger partial charge in [0, 0.05) is 5.02 Å². The van der Waals surface area contributed by atoms with Crippen LogP contribution in [0.4, 0.5) is 0 Å². The minimum absolute atomic E-state index is 0.0929. The minimum atomic E-state index is -1.18. The van der Waals surface area contributed by atoms with E-state index < -0.39 is 5.97 Å². The van der Waals surface area contributed by atoms with Crippen molar-refractivity contribution in [2.24, 2.45) is 0 Å². The van der Waals surface area contributed by atoms with E-state index in [1.807, 2.05) is 19.1 Å². The molecule has 0 spiro atoms. The van der Waals surface area contributed by atoms with Crippen molar-refractivity contribution >= 4 is 23.5 Å². The van der Waals surface area contributed by atoms with Crippen LogP contribution in [0.15, 0.2) is 30.5 Å². The summed E-state index contributed by atoms with van der Waals surface area (Å²) in [6.45, 7) is 1.86. The van der Waals surface area contributed by atoms with Crippen molar-refractivity contribution in [2.75, 3.05) is 0 Å². The number of hydrogen-bond donors (Lipinski definition) is 2. The Kier molecular flexibility index (Phi) is 5.11. The van der Waals surface area contributed by atoms with Gasteiger partial charge < -0.3 is 10.4 Å². The molecule has 0 aliphatic heterocycles. The van der Waals surface area contributed by atoms with Crippen molar-refractivity contribution < 1.29 is 14.7 Å². The zero-order chi connectivity index (χ0) is 16.1. The van der Waals surface area contributed by atoms with Gasteiger partial charge in [0.2, 0.25) is 5.91 Å². The summed E-state index contributed by atoms with van der Waals surface area (Å²) < 4.78 is 1.19. The van der Waals surface area contributed by atoms with Crippen molar-refractivity contribution in [3.63, 3.8) is 0 Å². The number of aromatic nitrogens is 3. The highest BCUT2D eigenvalue weighted by Crippen LogP contribution is 2.19. The lowest BCUT2D eigenvalue weighted by Crippen LogP contribution is -2.31. The molecular weight excluding hydrogens is 308 g/mol. The lowest BCUT2D eigenvalue weighted by atomic mass is 10.0. The average molecular weight is 323 g/mol. The van der Waals surface area contributed by atoms with Crippen LogP contribution >= 0.6 is 11.6 Å². The van der Waals surface area contributed by atoms with Crippen LogP contribution in [0, 0.1) is 0 Å². The van der Waals surface area contributed by atoms with Crippen molar-refractivity contribution in [1.82, 2.24) is 20.3 Å². The number of amides is 1. The number of carbonyl (C=O) groups is 2. The summed E-state index contributed by atoms with van der Waals surface area (Å²) in [5.74, 6) is -1.46. The SMILES string of the molecule is CCC(NC(=O)Cn1cc(C(=O)O)nn1)c1ccc(Cl)cc1. The first-order valence-electron chi connectivity index (χ1n) is 6.68. The molecule has 8 heteroatoms. The van der Waals surface area contributed by atoms with Gasteiger partial charge in [-0.05, 0) is 24.1 Å². The molecule has 22 heavy (non-hydrogen) atoms. The Morgan fingerprint density at radius 3 is 2.59 bits per heavy atom. The second-order valence-electron chi connectivity index (χ2n) is 4.69. The van der Waals surface area contributed by atoms with Crippen LogP contribution in [0.2, 0.25) is 5.02 Å². The van der Waals surface area contributed by atoms with Crippen LogP contribution in [0.1, 0.15) is 35.4 Å². The summed E-state index contributed by atoms with van der Waals surface area (Å²) in [5.41, 5.74) is 0.752. The largest absolute Gasteiger partial charge is 0.476 e. The van der Waals surface area contributed by atoms with E-state index in [0.29, 0.717) is 11.4 Å². The number of rotatable bonds is 6. The molecule has 0 bridgehead atoms. The van der Waals surface area contributed by atoms with Gasteiger partial charge in [0.05, 0.1) is 12.2 Å². The highest BCUT2D eigenvalue weighted by molar-refractivity contribution is 6.30. The molecule has 0 aliphatic carbocycles. The molecule has 0 saturated carbocycles. The molecule has 0 saturated heterocycles. The third-order valence-corrected chi connectivity index (χ3v) is 3.33. The molecule has 7 nitrogen and oxygen atoms in total. The minimum Gasteiger partial charge on any atom is -0.476 e. The fraction of sp³-hybridized carbons (Fsp3) is 0.286. The zero-order valence-corrected chi connectivity index (χ0v) is 12.6. The van der Waals surface area contributed by atoms with E-state index in [-0.39, 0.29) is 24.2 Å². The number of carboxylic acids is 1. The van der Waals surface area contributed by atoms with Gasteiger partial charge in [-0.25, -0.2) is 9.48 Å². The van der Waals surface area contributed by atoms with Gasteiger partial charge in [0.25, 0.3) is 0 Å². The van der Waals surface area contributed by atoms with Crippen molar-refractivity contribution in [3.05, 3.63) is 46.7 Å². The van der Waals surface area contributed by atoms with E-state index in [9.17, 15) is 9.59 Å². The highest BCUT2D eigenvalue weighted by Gasteiger charge is 2.15. The predicted octanol–water partition coefficient (Wildman–Crippen LogP) is 1.90. The van der Waals surface area contributed by atoms with Gasteiger partial charge in [-0.3, -0.25) is 4.79 Å². The quantitative estimate of drug-likeness (QED) is 0.846. The number of benzene rings is 1. The summed E-state index contributed by atoms with van der Waals surface area (Å²) in [4.78, 5) is 22.7. The first-order chi connectivity index (χ1) is 10.5. The topological polar surface area (TPSA) is 97.1 Å². The first kappa shape index (κ1) is 16.0. The molecule has 1 atom stereocenters. The fourth-order valence-electron chi connectivity index (χ4n) is 1.98. The van der Waals surface area contributed by atoms with Crippen LogP contribution in [0.5, 0.6) is 0 Å². The molecule has 1 unspecified atom stereocenters.